The lowest BCUT2D eigenvalue weighted by molar-refractivity contribution is 0.0459. The number of benzene rings is 1. The summed E-state index contributed by atoms with van der Waals surface area (Å²) in [6.45, 7) is 6.00. The van der Waals surface area contributed by atoms with E-state index in [9.17, 15) is 5.11 Å². The lowest BCUT2D eigenvalue weighted by atomic mass is 9.89. The number of hydrogen-bond acceptors (Lipinski definition) is 1. The van der Waals surface area contributed by atoms with Gasteiger partial charge in [0.05, 0.1) is 5.60 Å². The van der Waals surface area contributed by atoms with Crippen molar-refractivity contribution in [1.29, 1.82) is 0 Å². The fraction of sp³-hybridized carbons (Fsp3) is 0.467. The number of terminal acetylenes is 1. The Morgan fingerprint density at radius 3 is 2.56 bits per heavy atom. The average molecular weight is 216 g/mol. The zero-order chi connectivity index (χ0) is 12.2. The summed E-state index contributed by atoms with van der Waals surface area (Å²) in [4.78, 5) is 0. The quantitative estimate of drug-likeness (QED) is 0.604. The molecule has 0 saturated heterocycles. The normalized spacial score (nSPS) is 14.2. The minimum atomic E-state index is -0.769. The van der Waals surface area contributed by atoms with Crippen LogP contribution in [0.1, 0.15) is 42.9 Å². The number of aliphatic hydroxyl groups is 1. The molecule has 0 amide bonds. The van der Waals surface area contributed by atoms with E-state index in [0.29, 0.717) is 6.42 Å². The second-order valence-corrected chi connectivity index (χ2v) is 4.63. The number of unbranched alkanes of at least 4 members (excludes halogenated alkanes) is 1. The Balaban J connectivity index is 2.81. The topological polar surface area (TPSA) is 20.2 Å². The van der Waals surface area contributed by atoms with Gasteiger partial charge in [-0.2, -0.15) is 0 Å². The van der Waals surface area contributed by atoms with Crippen LogP contribution in [0.4, 0.5) is 0 Å². The molecule has 0 spiro atoms. The summed E-state index contributed by atoms with van der Waals surface area (Å²) in [5.41, 5.74) is 2.68. The van der Waals surface area contributed by atoms with Crippen molar-refractivity contribution < 1.29 is 5.11 Å². The van der Waals surface area contributed by atoms with E-state index in [0.717, 1.165) is 18.4 Å². The van der Waals surface area contributed by atoms with Gasteiger partial charge in [-0.25, -0.2) is 0 Å². The van der Waals surface area contributed by atoms with E-state index >= 15 is 0 Å². The van der Waals surface area contributed by atoms with E-state index in [1.165, 1.54) is 11.1 Å². The maximum atomic E-state index is 10.4. The number of rotatable bonds is 4. The van der Waals surface area contributed by atoms with Crippen LogP contribution in [0.15, 0.2) is 18.2 Å². The van der Waals surface area contributed by atoms with Gasteiger partial charge in [0.25, 0.3) is 0 Å². The second kappa shape index (κ2) is 5.18. The van der Waals surface area contributed by atoms with E-state index in [4.69, 9.17) is 6.42 Å². The van der Waals surface area contributed by atoms with Crippen LogP contribution in [0.5, 0.6) is 0 Å². The third-order valence-electron chi connectivity index (χ3n) is 3.11. The fourth-order valence-corrected chi connectivity index (χ4v) is 1.76. The largest absolute Gasteiger partial charge is 0.385 e. The molecule has 1 aromatic carbocycles. The van der Waals surface area contributed by atoms with Gasteiger partial charge in [-0.3, -0.25) is 0 Å². The average Bonchev–Trinajstić information content (AvgIpc) is 2.22. The number of hydrogen-bond donors (Lipinski definition) is 1. The van der Waals surface area contributed by atoms with Crippen molar-refractivity contribution in [2.24, 2.45) is 0 Å². The predicted molar refractivity (Wildman–Crippen MR) is 68.2 cm³/mol. The van der Waals surface area contributed by atoms with Gasteiger partial charge in [-0.1, -0.05) is 18.2 Å². The first kappa shape index (κ1) is 12.8. The molecule has 0 saturated carbocycles. The van der Waals surface area contributed by atoms with Gasteiger partial charge in [0, 0.05) is 6.42 Å². The SMILES string of the molecule is C#CCCCC(C)(O)c1ccc(C)c(C)c1. The van der Waals surface area contributed by atoms with Crippen molar-refractivity contribution >= 4 is 0 Å². The van der Waals surface area contributed by atoms with E-state index in [1.807, 2.05) is 13.0 Å². The first-order valence-electron chi connectivity index (χ1n) is 5.71. The highest BCUT2D eigenvalue weighted by molar-refractivity contribution is 5.32. The highest BCUT2D eigenvalue weighted by Gasteiger charge is 2.22. The molecule has 1 aromatic rings. The lowest BCUT2D eigenvalue weighted by Crippen LogP contribution is -2.21. The summed E-state index contributed by atoms with van der Waals surface area (Å²) in [6, 6.07) is 6.11. The molecule has 1 N–H and O–H groups in total. The van der Waals surface area contributed by atoms with Crippen molar-refractivity contribution in [3.05, 3.63) is 34.9 Å². The lowest BCUT2D eigenvalue weighted by Gasteiger charge is -2.24. The van der Waals surface area contributed by atoms with Crippen LogP contribution in [0, 0.1) is 26.2 Å². The first-order chi connectivity index (χ1) is 7.47. The first-order valence-corrected chi connectivity index (χ1v) is 5.71. The van der Waals surface area contributed by atoms with Crippen LogP contribution in [0.2, 0.25) is 0 Å². The molecule has 1 nitrogen and oxygen atoms in total. The summed E-state index contributed by atoms with van der Waals surface area (Å²) in [7, 11) is 0. The summed E-state index contributed by atoms with van der Waals surface area (Å²) in [5, 5.41) is 10.4. The molecule has 1 atom stereocenters. The Morgan fingerprint density at radius 2 is 2.00 bits per heavy atom. The van der Waals surface area contributed by atoms with Crippen LogP contribution in [0.25, 0.3) is 0 Å². The summed E-state index contributed by atoms with van der Waals surface area (Å²) in [6.07, 6.45) is 7.50. The van der Waals surface area contributed by atoms with Crippen LogP contribution in [-0.4, -0.2) is 5.11 Å². The van der Waals surface area contributed by atoms with Crippen LogP contribution >= 0.6 is 0 Å². The zero-order valence-electron chi connectivity index (χ0n) is 10.4. The molecule has 0 aliphatic carbocycles. The van der Waals surface area contributed by atoms with Crippen molar-refractivity contribution in [2.75, 3.05) is 0 Å². The van der Waals surface area contributed by atoms with E-state index < -0.39 is 5.60 Å². The molecule has 0 bridgehead atoms. The maximum absolute atomic E-state index is 10.4. The van der Waals surface area contributed by atoms with Gasteiger partial charge < -0.3 is 5.11 Å². The molecule has 1 heteroatoms. The molecular weight excluding hydrogens is 196 g/mol. The van der Waals surface area contributed by atoms with E-state index in [-0.39, 0.29) is 0 Å². The van der Waals surface area contributed by atoms with Gasteiger partial charge in [0.15, 0.2) is 0 Å². The van der Waals surface area contributed by atoms with Crippen LogP contribution in [-0.2, 0) is 5.60 Å². The van der Waals surface area contributed by atoms with Crippen molar-refractivity contribution in [1.82, 2.24) is 0 Å². The van der Waals surface area contributed by atoms with Gasteiger partial charge in [-0.15, -0.1) is 12.3 Å². The van der Waals surface area contributed by atoms with Gasteiger partial charge in [0.2, 0.25) is 0 Å². The molecular formula is C15H20O. The van der Waals surface area contributed by atoms with Gasteiger partial charge >= 0.3 is 0 Å². The molecule has 16 heavy (non-hydrogen) atoms. The number of aryl methyl sites for hydroxylation is 2. The second-order valence-electron chi connectivity index (χ2n) is 4.63. The molecule has 0 aliphatic rings. The van der Waals surface area contributed by atoms with Crippen molar-refractivity contribution in [3.63, 3.8) is 0 Å². The summed E-state index contributed by atoms with van der Waals surface area (Å²) >= 11 is 0. The van der Waals surface area contributed by atoms with E-state index in [2.05, 4.69) is 31.9 Å². The Labute approximate surface area is 98.5 Å². The molecule has 0 radical (unpaired) electrons. The summed E-state index contributed by atoms with van der Waals surface area (Å²) in [5.74, 6) is 2.60. The van der Waals surface area contributed by atoms with Crippen LogP contribution in [0.3, 0.4) is 0 Å². The summed E-state index contributed by atoms with van der Waals surface area (Å²) < 4.78 is 0. The minimum absolute atomic E-state index is 0.708. The molecule has 0 heterocycles. The molecule has 1 rings (SSSR count). The van der Waals surface area contributed by atoms with Gasteiger partial charge in [0.1, 0.15) is 0 Å². The van der Waals surface area contributed by atoms with E-state index in [1.54, 1.807) is 0 Å². The minimum Gasteiger partial charge on any atom is -0.385 e. The van der Waals surface area contributed by atoms with Crippen molar-refractivity contribution in [2.45, 2.75) is 45.6 Å². The standard InChI is InChI=1S/C15H20O/c1-5-6-7-10-15(4,16)14-9-8-12(2)13(3)11-14/h1,8-9,11,16H,6-7,10H2,2-4H3. The Kier molecular flexibility index (Phi) is 4.15. The highest BCUT2D eigenvalue weighted by atomic mass is 16.3. The van der Waals surface area contributed by atoms with Gasteiger partial charge in [-0.05, 0) is 50.3 Å². The van der Waals surface area contributed by atoms with Crippen molar-refractivity contribution in [3.8, 4) is 12.3 Å². The third kappa shape index (κ3) is 3.12. The monoisotopic (exact) mass is 216 g/mol. The molecule has 86 valence electrons. The zero-order valence-corrected chi connectivity index (χ0v) is 10.4. The Hall–Kier alpha value is -1.26. The van der Waals surface area contributed by atoms with Crippen LogP contribution < -0.4 is 0 Å². The highest BCUT2D eigenvalue weighted by Crippen LogP contribution is 2.27. The Bertz CT molecular complexity index is 396. The molecule has 1 unspecified atom stereocenters. The maximum Gasteiger partial charge on any atom is 0.0869 e. The molecule has 0 aromatic heterocycles. The predicted octanol–water partition coefficient (Wildman–Crippen LogP) is 3.31. The fourth-order valence-electron chi connectivity index (χ4n) is 1.76. The molecule has 0 aliphatic heterocycles. The molecule has 0 fully saturated rings. The Morgan fingerprint density at radius 1 is 1.31 bits per heavy atom. The third-order valence-corrected chi connectivity index (χ3v) is 3.11. The smallest absolute Gasteiger partial charge is 0.0869 e.